The first-order valence-corrected chi connectivity index (χ1v) is 6.69. The molecule has 0 bridgehead atoms. The van der Waals surface area contributed by atoms with E-state index in [1.807, 2.05) is 38.1 Å². The number of hydrogen-bond acceptors (Lipinski definition) is 3. The van der Waals surface area contributed by atoms with E-state index < -0.39 is 0 Å². The second-order valence-electron chi connectivity index (χ2n) is 4.56. The fourth-order valence-electron chi connectivity index (χ4n) is 1.78. The van der Waals surface area contributed by atoms with Gasteiger partial charge in [0.2, 0.25) is 0 Å². The molecule has 2 aromatic rings. The van der Waals surface area contributed by atoms with Crippen molar-refractivity contribution in [3.05, 3.63) is 53.5 Å². The van der Waals surface area contributed by atoms with Crippen LogP contribution in [0.15, 0.2) is 46.1 Å². The molecule has 0 aliphatic carbocycles. The topological polar surface area (TPSA) is 49.6 Å². The molecule has 0 fully saturated rings. The fraction of sp³-hybridized carbons (Fsp3) is 0.200. The molecule has 0 aliphatic heterocycles. The van der Waals surface area contributed by atoms with Crippen molar-refractivity contribution < 1.29 is 4.42 Å². The van der Waals surface area contributed by atoms with Gasteiger partial charge < -0.3 is 9.73 Å². The molecule has 4 nitrogen and oxygen atoms in total. The second-order valence-corrected chi connectivity index (χ2v) is 4.97. The molecule has 0 amide bonds. The van der Waals surface area contributed by atoms with Gasteiger partial charge in [0.25, 0.3) is 0 Å². The highest BCUT2D eigenvalue weighted by Gasteiger charge is 2.02. The van der Waals surface area contributed by atoms with Gasteiger partial charge in [-0.2, -0.15) is 5.10 Å². The Morgan fingerprint density at radius 1 is 1.25 bits per heavy atom. The van der Waals surface area contributed by atoms with Crippen molar-refractivity contribution in [2.24, 2.45) is 5.10 Å². The lowest BCUT2D eigenvalue weighted by molar-refractivity contribution is 0.556. The number of nitrogens with zero attached hydrogens (tertiary/aromatic N) is 1. The van der Waals surface area contributed by atoms with Crippen LogP contribution >= 0.6 is 12.2 Å². The Hall–Kier alpha value is -2.14. The highest BCUT2D eigenvalue weighted by atomic mass is 32.1. The predicted molar refractivity (Wildman–Crippen MR) is 86.2 cm³/mol. The molecule has 1 aromatic heterocycles. The zero-order valence-electron chi connectivity index (χ0n) is 11.7. The quantitative estimate of drug-likeness (QED) is 0.514. The van der Waals surface area contributed by atoms with Crippen LogP contribution in [0, 0.1) is 13.8 Å². The third kappa shape index (κ3) is 3.68. The Morgan fingerprint density at radius 2 is 2.05 bits per heavy atom. The van der Waals surface area contributed by atoms with E-state index in [-0.39, 0.29) is 0 Å². The summed E-state index contributed by atoms with van der Waals surface area (Å²) in [6.07, 6.45) is 1.61. The molecule has 2 N–H and O–H groups in total. The first kappa shape index (κ1) is 14.3. The summed E-state index contributed by atoms with van der Waals surface area (Å²) in [5.74, 6) is 0.715. The van der Waals surface area contributed by atoms with Gasteiger partial charge in [-0.3, -0.25) is 5.43 Å². The van der Waals surface area contributed by atoms with Crippen LogP contribution < -0.4 is 10.7 Å². The minimum absolute atomic E-state index is 0.447. The molecule has 0 unspecified atom stereocenters. The smallest absolute Gasteiger partial charge is 0.191 e. The molecule has 1 aromatic carbocycles. The minimum atomic E-state index is 0.447. The molecule has 0 aliphatic rings. The van der Waals surface area contributed by atoms with Crippen molar-refractivity contribution in [2.75, 3.05) is 5.32 Å². The average Bonchev–Trinajstić information content (AvgIpc) is 2.93. The number of rotatable bonds is 3. The van der Waals surface area contributed by atoms with E-state index in [0.29, 0.717) is 10.9 Å². The van der Waals surface area contributed by atoms with Gasteiger partial charge >= 0.3 is 0 Å². The van der Waals surface area contributed by atoms with Crippen LogP contribution in [-0.2, 0) is 0 Å². The van der Waals surface area contributed by atoms with Crippen LogP contribution in [0.4, 0.5) is 5.69 Å². The predicted octanol–water partition coefficient (Wildman–Crippen LogP) is 3.61. The summed E-state index contributed by atoms with van der Waals surface area (Å²) in [6, 6.07) is 9.81. The zero-order valence-corrected chi connectivity index (χ0v) is 12.5. The number of thiocarbonyl (C=S) groups is 1. The maximum Gasteiger partial charge on any atom is 0.191 e. The Morgan fingerprint density at radius 3 is 2.70 bits per heavy atom. The largest absolute Gasteiger partial charge is 0.463 e. The van der Waals surface area contributed by atoms with Crippen molar-refractivity contribution in [1.29, 1.82) is 0 Å². The summed E-state index contributed by atoms with van der Waals surface area (Å²) in [7, 11) is 0. The van der Waals surface area contributed by atoms with Crippen molar-refractivity contribution in [3.8, 4) is 0 Å². The lowest BCUT2D eigenvalue weighted by Crippen LogP contribution is -2.25. The number of aryl methyl sites for hydroxylation is 2. The van der Waals surface area contributed by atoms with E-state index in [9.17, 15) is 0 Å². The SMILES string of the molecule is C/C(=N/NC(=S)Nc1ccc(C)cc1C)c1ccco1. The molecule has 20 heavy (non-hydrogen) atoms. The maximum absolute atomic E-state index is 5.24. The Balaban J connectivity index is 1.97. The molecular weight excluding hydrogens is 270 g/mol. The standard InChI is InChI=1S/C15H17N3OS/c1-10-6-7-13(11(2)9-10)16-15(20)18-17-12(3)14-5-4-8-19-14/h4-9H,1-3H3,(H2,16,18,20)/b17-12-. The molecule has 0 saturated heterocycles. The number of benzene rings is 1. The number of anilines is 1. The van der Waals surface area contributed by atoms with Crippen molar-refractivity contribution in [2.45, 2.75) is 20.8 Å². The first-order valence-electron chi connectivity index (χ1n) is 6.28. The summed E-state index contributed by atoms with van der Waals surface area (Å²) in [6.45, 7) is 5.95. The number of nitrogens with one attached hydrogen (secondary N) is 2. The van der Waals surface area contributed by atoms with Gasteiger partial charge in [0.1, 0.15) is 11.5 Å². The van der Waals surface area contributed by atoms with E-state index in [2.05, 4.69) is 28.8 Å². The monoisotopic (exact) mass is 287 g/mol. The molecular formula is C15H17N3OS. The zero-order chi connectivity index (χ0) is 14.5. The van der Waals surface area contributed by atoms with Crippen LogP contribution in [0.25, 0.3) is 0 Å². The van der Waals surface area contributed by atoms with E-state index in [0.717, 1.165) is 17.0 Å². The van der Waals surface area contributed by atoms with Gasteiger partial charge in [0, 0.05) is 5.69 Å². The van der Waals surface area contributed by atoms with E-state index >= 15 is 0 Å². The van der Waals surface area contributed by atoms with Crippen LogP contribution in [0.2, 0.25) is 0 Å². The van der Waals surface area contributed by atoms with Gasteiger partial charge in [-0.1, -0.05) is 17.7 Å². The minimum Gasteiger partial charge on any atom is -0.463 e. The Labute approximate surface area is 123 Å². The summed E-state index contributed by atoms with van der Waals surface area (Å²) in [5.41, 5.74) is 6.88. The lowest BCUT2D eigenvalue weighted by Gasteiger charge is -2.10. The second kappa shape index (κ2) is 6.34. The van der Waals surface area contributed by atoms with Gasteiger partial charge in [-0.15, -0.1) is 0 Å². The summed E-state index contributed by atoms with van der Waals surface area (Å²) < 4.78 is 5.24. The summed E-state index contributed by atoms with van der Waals surface area (Å²) in [5, 5.41) is 7.75. The highest BCUT2D eigenvalue weighted by Crippen LogP contribution is 2.15. The van der Waals surface area contributed by atoms with Gasteiger partial charge in [-0.05, 0) is 56.8 Å². The molecule has 104 valence electrons. The number of hydrazone groups is 1. The third-order valence-corrected chi connectivity index (χ3v) is 3.03. The molecule has 5 heteroatoms. The van der Waals surface area contributed by atoms with Crippen molar-refractivity contribution >= 4 is 28.7 Å². The highest BCUT2D eigenvalue weighted by molar-refractivity contribution is 7.80. The van der Waals surface area contributed by atoms with Crippen LogP contribution in [0.3, 0.4) is 0 Å². The molecule has 0 atom stereocenters. The summed E-state index contributed by atoms with van der Waals surface area (Å²) >= 11 is 5.22. The first-order chi connectivity index (χ1) is 9.56. The molecule has 2 rings (SSSR count). The third-order valence-electron chi connectivity index (χ3n) is 2.83. The fourth-order valence-corrected chi connectivity index (χ4v) is 1.93. The molecule has 1 heterocycles. The van der Waals surface area contributed by atoms with Crippen LogP contribution in [0.1, 0.15) is 23.8 Å². The van der Waals surface area contributed by atoms with E-state index in [1.165, 1.54) is 5.56 Å². The molecule has 0 saturated carbocycles. The van der Waals surface area contributed by atoms with Crippen molar-refractivity contribution in [3.63, 3.8) is 0 Å². The number of hydrogen-bond donors (Lipinski definition) is 2. The van der Waals surface area contributed by atoms with Gasteiger partial charge in [0.05, 0.1) is 6.26 Å². The van der Waals surface area contributed by atoms with Crippen LogP contribution in [-0.4, -0.2) is 10.8 Å². The van der Waals surface area contributed by atoms with E-state index in [1.54, 1.807) is 6.26 Å². The lowest BCUT2D eigenvalue weighted by atomic mass is 10.1. The molecule has 0 radical (unpaired) electrons. The Kier molecular flexibility index (Phi) is 4.53. The maximum atomic E-state index is 5.24. The van der Waals surface area contributed by atoms with Crippen molar-refractivity contribution in [1.82, 2.24) is 5.43 Å². The Bertz CT molecular complexity index is 633. The normalized spacial score (nSPS) is 11.2. The number of furan rings is 1. The van der Waals surface area contributed by atoms with Crippen LogP contribution in [0.5, 0.6) is 0 Å². The van der Waals surface area contributed by atoms with Gasteiger partial charge in [0.15, 0.2) is 5.11 Å². The summed E-state index contributed by atoms with van der Waals surface area (Å²) in [4.78, 5) is 0. The van der Waals surface area contributed by atoms with Gasteiger partial charge in [-0.25, -0.2) is 0 Å². The van der Waals surface area contributed by atoms with E-state index in [4.69, 9.17) is 16.6 Å². The molecule has 0 spiro atoms. The average molecular weight is 287 g/mol.